The molecule has 0 aromatic rings. The summed E-state index contributed by atoms with van der Waals surface area (Å²) in [5.74, 6) is 1.26. The van der Waals surface area contributed by atoms with Crippen molar-refractivity contribution in [1.29, 1.82) is 0 Å². The minimum Gasteiger partial charge on any atom is -0.315 e. The summed E-state index contributed by atoms with van der Waals surface area (Å²) in [5.41, 5.74) is 0.435. The van der Waals surface area contributed by atoms with Gasteiger partial charge in [-0.2, -0.15) is 0 Å². The summed E-state index contributed by atoms with van der Waals surface area (Å²) in [5, 5.41) is 3.38. The Kier molecular flexibility index (Phi) is 6.12. The van der Waals surface area contributed by atoms with E-state index in [1.54, 1.807) is 6.92 Å². The normalized spacial score (nSPS) is 19.6. The SMILES string of the molecule is CCS(=O)(=O)CCNCC1(CC(C)C)CCCC1. The molecule has 1 aliphatic carbocycles. The molecule has 0 aliphatic heterocycles. The smallest absolute Gasteiger partial charge is 0.151 e. The second-order valence-electron chi connectivity index (χ2n) is 6.22. The Morgan fingerprint density at radius 3 is 2.33 bits per heavy atom. The molecule has 18 heavy (non-hydrogen) atoms. The first-order valence-electron chi connectivity index (χ1n) is 7.30. The average Bonchev–Trinajstić information content (AvgIpc) is 2.73. The molecule has 4 heteroatoms. The van der Waals surface area contributed by atoms with Crippen LogP contribution in [0.1, 0.15) is 52.9 Å². The number of hydrogen-bond donors (Lipinski definition) is 1. The summed E-state index contributed by atoms with van der Waals surface area (Å²) in [4.78, 5) is 0. The third kappa shape index (κ3) is 5.27. The molecule has 1 fully saturated rings. The highest BCUT2D eigenvalue weighted by atomic mass is 32.2. The summed E-state index contributed by atoms with van der Waals surface area (Å²) < 4.78 is 22.8. The molecule has 0 unspecified atom stereocenters. The van der Waals surface area contributed by atoms with E-state index in [2.05, 4.69) is 19.2 Å². The minimum absolute atomic E-state index is 0.256. The fourth-order valence-corrected chi connectivity index (χ4v) is 3.91. The van der Waals surface area contributed by atoms with Crippen molar-refractivity contribution in [2.75, 3.05) is 24.6 Å². The highest BCUT2D eigenvalue weighted by molar-refractivity contribution is 7.91. The van der Waals surface area contributed by atoms with Gasteiger partial charge in [0.2, 0.25) is 0 Å². The quantitative estimate of drug-likeness (QED) is 0.693. The first-order chi connectivity index (χ1) is 8.39. The zero-order valence-electron chi connectivity index (χ0n) is 12.2. The predicted molar refractivity (Wildman–Crippen MR) is 77.6 cm³/mol. The van der Waals surface area contributed by atoms with Crippen molar-refractivity contribution in [3.05, 3.63) is 0 Å². The first-order valence-corrected chi connectivity index (χ1v) is 9.12. The van der Waals surface area contributed by atoms with Gasteiger partial charge in [-0.25, -0.2) is 8.42 Å². The molecule has 1 rings (SSSR count). The van der Waals surface area contributed by atoms with E-state index in [-0.39, 0.29) is 11.5 Å². The highest BCUT2D eigenvalue weighted by Gasteiger charge is 2.33. The van der Waals surface area contributed by atoms with E-state index in [0.717, 1.165) is 12.5 Å². The maximum Gasteiger partial charge on any atom is 0.151 e. The molecule has 0 radical (unpaired) electrons. The number of sulfone groups is 1. The van der Waals surface area contributed by atoms with Gasteiger partial charge in [0.25, 0.3) is 0 Å². The van der Waals surface area contributed by atoms with E-state index >= 15 is 0 Å². The molecule has 0 bridgehead atoms. The van der Waals surface area contributed by atoms with Crippen molar-refractivity contribution in [3.63, 3.8) is 0 Å². The van der Waals surface area contributed by atoms with E-state index in [9.17, 15) is 8.42 Å². The van der Waals surface area contributed by atoms with Gasteiger partial charge in [0.15, 0.2) is 9.84 Å². The fraction of sp³-hybridized carbons (Fsp3) is 1.00. The van der Waals surface area contributed by atoms with Gasteiger partial charge in [-0.3, -0.25) is 0 Å². The summed E-state index contributed by atoms with van der Waals surface area (Å²) in [6.07, 6.45) is 6.54. The summed E-state index contributed by atoms with van der Waals surface area (Å²) in [6.45, 7) is 7.87. The lowest BCUT2D eigenvalue weighted by atomic mass is 9.78. The second-order valence-corrected chi connectivity index (χ2v) is 8.69. The van der Waals surface area contributed by atoms with Gasteiger partial charge in [-0.1, -0.05) is 33.6 Å². The van der Waals surface area contributed by atoms with Crippen LogP contribution >= 0.6 is 0 Å². The zero-order chi connectivity index (χ0) is 13.6. The van der Waals surface area contributed by atoms with Crippen LogP contribution in [-0.2, 0) is 9.84 Å². The minimum atomic E-state index is -2.82. The van der Waals surface area contributed by atoms with Crippen molar-refractivity contribution in [3.8, 4) is 0 Å². The van der Waals surface area contributed by atoms with Crippen molar-refractivity contribution in [1.82, 2.24) is 5.32 Å². The molecule has 1 saturated carbocycles. The van der Waals surface area contributed by atoms with Gasteiger partial charge in [0, 0.05) is 18.8 Å². The molecule has 0 aromatic carbocycles. The Labute approximate surface area is 113 Å². The molecule has 3 nitrogen and oxygen atoms in total. The largest absolute Gasteiger partial charge is 0.315 e. The second kappa shape index (κ2) is 6.90. The maximum absolute atomic E-state index is 11.4. The van der Waals surface area contributed by atoms with Crippen LogP contribution in [0.2, 0.25) is 0 Å². The van der Waals surface area contributed by atoms with E-state index in [0.29, 0.717) is 12.0 Å². The van der Waals surface area contributed by atoms with Crippen LogP contribution in [0.3, 0.4) is 0 Å². The number of rotatable bonds is 8. The Morgan fingerprint density at radius 2 is 1.83 bits per heavy atom. The molecule has 1 aliphatic rings. The van der Waals surface area contributed by atoms with E-state index in [1.165, 1.54) is 32.1 Å². The van der Waals surface area contributed by atoms with Crippen molar-refractivity contribution < 1.29 is 8.42 Å². The van der Waals surface area contributed by atoms with Gasteiger partial charge in [-0.15, -0.1) is 0 Å². The monoisotopic (exact) mass is 275 g/mol. The average molecular weight is 275 g/mol. The van der Waals surface area contributed by atoms with E-state index < -0.39 is 9.84 Å². The van der Waals surface area contributed by atoms with Gasteiger partial charge in [0.1, 0.15) is 0 Å². The summed E-state index contributed by atoms with van der Waals surface area (Å²) in [6, 6.07) is 0. The van der Waals surface area contributed by atoms with Crippen molar-refractivity contribution >= 4 is 9.84 Å². The number of nitrogens with one attached hydrogen (secondary N) is 1. The molecule has 108 valence electrons. The fourth-order valence-electron chi connectivity index (χ4n) is 3.17. The van der Waals surface area contributed by atoms with Crippen molar-refractivity contribution in [2.45, 2.75) is 52.9 Å². The Bertz CT molecular complexity index is 330. The van der Waals surface area contributed by atoms with E-state index in [4.69, 9.17) is 0 Å². The molecule has 1 N–H and O–H groups in total. The van der Waals surface area contributed by atoms with E-state index in [1.807, 2.05) is 0 Å². The first kappa shape index (κ1) is 16.0. The lowest BCUT2D eigenvalue weighted by Gasteiger charge is -2.31. The van der Waals surface area contributed by atoms with Crippen molar-refractivity contribution in [2.24, 2.45) is 11.3 Å². The van der Waals surface area contributed by atoms with Gasteiger partial charge in [-0.05, 0) is 30.6 Å². The Balaban J connectivity index is 2.35. The topological polar surface area (TPSA) is 46.2 Å². The predicted octanol–water partition coefficient (Wildman–Crippen LogP) is 2.62. The van der Waals surface area contributed by atoms with Crippen LogP contribution in [0.25, 0.3) is 0 Å². The molecular formula is C14H29NO2S. The van der Waals surface area contributed by atoms with Crippen LogP contribution in [0.4, 0.5) is 0 Å². The Hall–Kier alpha value is -0.0900. The number of hydrogen-bond acceptors (Lipinski definition) is 3. The van der Waals surface area contributed by atoms with Crippen LogP contribution in [0, 0.1) is 11.3 Å². The summed E-state index contributed by atoms with van der Waals surface area (Å²) in [7, 11) is -2.82. The standard InChI is InChI=1S/C14H29NO2S/c1-4-18(16,17)10-9-15-12-14(11-13(2)3)7-5-6-8-14/h13,15H,4-12H2,1-3H3. The molecule has 0 saturated heterocycles. The molecular weight excluding hydrogens is 246 g/mol. The summed E-state index contributed by atoms with van der Waals surface area (Å²) >= 11 is 0. The zero-order valence-corrected chi connectivity index (χ0v) is 13.0. The third-order valence-corrected chi connectivity index (χ3v) is 5.74. The molecule has 0 heterocycles. The lowest BCUT2D eigenvalue weighted by molar-refractivity contribution is 0.226. The molecule has 0 spiro atoms. The van der Waals surface area contributed by atoms with Gasteiger partial charge < -0.3 is 5.32 Å². The lowest BCUT2D eigenvalue weighted by Crippen LogP contribution is -2.35. The molecule has 0 aromatic heterocycles. The Morgan fingerprint density at radius 1 is 1.22 bits per heavy atom. The van der Waals surface area contributed by atoms with Gasteiger partial charge in [0.05, 0.1) is 5.75 Å². The highest BCUT2D eigenvalue weighted by Crippen LogP contribution is 2.42. The van der Waals surface area contributed by atoms with Crippen LogP contribution in [0.5, 0.6) is 0 Å². The molecule has 0 atom stereocenters. The third-order valence-electron chi connectivity index (χ3n) is 4.04. The van der Waals surface area contributed by atoms with Crippen LogP contribution in [-0.4, -0.2) is 33.0 Å². The molecule has 0 amide bonds. The van der Waals surface area contributed by atoms with Crippen LogP contribution < -0.4 is 5.32 Å². The van der Waals surface area contributed by atoms with Gasteiger partial charge >= 0.3 is 0 Å². The van der Waals surface area contributed by atoms with Crippen LogP contribution in [0.15, 0.2) is 0 Å². The maximum atomic E-state index is 11.4.